The van der Waals surface area contributed by atoms with Gasteiger partial charge in [-0.25, -0.2) is 4.98 Å². The number of halogens is 1. The van der Waals surface area contributed by atoms with Crippen molar-refractivity contribution in [1.29, 1.82) is 0 Å². The van der Waals surface area contributed by atoms with Gasteiger partial charge in [-0.1, -0.05) is 54.1 Å². The second kappa shape index (κ2) is 10.6. The fourth-order valence-electron chi connectivity index (χ4n) is 4.70. The number of aliphatic hydroxyl groups is 1. The maximum atomic E-state index is 14.2. The van der Waals surface area contributed by atoms with Crippen LogP contribution in [0.25, 0.3) is 10.6 Å². The maximum absolute atomic E-state index is 14.2. The first-order valence-corrected chi connectivity index (χ1v) is 13.3. The van der Waals surface area contributed by atoms with E-state index in [1.54, 1.807) is 43.3 Å². The average molecular weight is 561 g/mol. The molecule has 9 heteroatoms. The summed E-state index contributed by atoms with van der Waals surface area (Å²) < 4.78 is 10.9. The van der Waals surface area contributed by atoms with Crippen LogP contribution in [0.5, 0.6) is 11.5 Å². The molecule has 1 aromatic heterocycles. The number of aryl methyl sites for hydroxylation is 2. The molecule has 1 aliphatic rings. The van der Waals surface area contributed by atoms with Gasteiger partial charge in [0.25, 0.3) is 5.91 Å². The predicted octanol–water partition coefficient (Wildman–Crippen LogP) is 6.88. The Balaban J connectivity index is 1.68. The fraction of sp³-hybridized carbons (Fsp3) is 0.167. The number of ketones is 1. The number of carbonyl (C=O) groups is 2. The Morgan fingerprint density at radius 1 is 1.00 bits per heavy atom. The molecule has 1 aliphatic heterocycles. The number of rotatable bonds is 7. The van der Waals surface area contributed by atoms with Crippen molar-refractivity contribution < 1.29 is 24.2 Å². The third-order valence-electron chi connectivity index (χ3n) is 6.63. The van der Waals surface area contributed by atoms with Crippen LogP contribution >= 0.6 is 22.9 Å². The fourth-order valence-corrected chi connectivity index (χ4v) is 5.89. The van der Waals surface area contributed by atoms with Gasteiger partial charge in [0, 0.05) is 16.3 Å². The summed E-state index contributed by atoms with van der Waals surface area (Å²) in [7, 11) is 3.03. The van der Waals surface area contributed by atoms with E-state index >= 15 is 0 Å². The summed E-state index contributed by atoms with van der Waals surface area (Å²) in [5, 5.41) is 12.3. The molecule has 1 unspecified atom stereocenters. The number of carbonyl (C=O) groups excluding carboxylic acids is 2. The van der Waals surface area contributed by atoms with Gasteiger partial charge in [0.1, 0.15) is 5.01 Å². The minimum Gasteiger partial charge on any atom is -0.503 e. The van der Waals surface area contributed by atoms with E-state index in [9.17, 15) is 14.7 Å². The molecular formula is C30H25ClN2O5S. The van der Waals surface area contributed by atoms with Gasteiger partial charge >= 0.3 is 0 Å². The lowest BCUT2D eigenvalue weighted by Gasteiger charge is -2.28. The van der Waals surface area contributed by atoms with E-state index in [0.717, 1.165) is 11.1 Å². The van der Waals surface area contributed by atoms with E-state index in [-0.39, 0.29) is 5.57 Å². The summed E-state index contributed by atoms with van der Waals surface area (Å²) in [5.74, 6) is -0.881. The topological polar surface area (TPSA) is 89.0 Å². The highest BCUT2D eigenvalue weighted by molar-refractivity contribution is 7.17. The molecule has 0 spiro atoms. The van der Waals surface area contributed by atoms with E-state index in [2.05, 4.69) is 4.98 Å². The van der Waals surface area contributed by atoms with Crippen molar-refractivity contribution in [2.24, 2.45) is 0 Å². The van der Waals surface area contributed by atoms with E-state index < -0.39 is 23.5 Å². The molecule has 0 bridgehead atoms. The zero-order valence-corrected chi connectivity index (χ0v) is 23.3. The van der Waals surface area contributed by atoms with Crippen LogP contribution in [-0.2, 0) is 4.79 Å². The lowest BCUT2D eigenvalue weighted by molar-refractivity contribution is -0.117. The van der Waals surface area contributed by atoms with Crippen molar-refractivity contribution in [3.8, 4) is 22.1 Å². The number of thiazole rings is 1. The van der Waals surface area contributed by atoms with Crippen LogP contribution < -0.4 is 14.4 Å². The average Bonchev–Trinajstić information content (AvgIpc) is 3.46. The number of Topliss-reactive ketones (excluding diaryl/α,β-unsaturated/α-hetero) is 1. The largest absolute Gasteiger partial charge is 0.503 e. The molecular weight excluding hydrogens is 536 g/mol. The van der Waals surface area contributed by atoms with Crippen molar-refractivity contribution >= 4 is 40.3 Å². The molecule has 0 aliphatic carbocycles. The van der Waals surface area contributed by atoms with E-state index in [4.69, 9.17) is 21.1 Å². The molecule has 39 heavy (non-hydrogen) atoms. The molecule has 1 N–H and O–H groups in total. The molecule has 1 atom stereocenters. The van der Waals surface area contributed by atoms with Crippen molar-refractivity contribution in [2.45, 2.75) is 19.9 Å². The van der Waals surface area contributed by atoms with Crippen molar-refractivity contribution in [2.75, 3.05) is 19.1 Å². The number of aromatic nitrogens is 1. The smallest absolute Gasteiger partial charge is 0.294 e. The molecule has 198 valence electrons. The number of benzene rings is 3. The zero-order valence-electron chi connectivity index (χ0n) is 21.7. The van der Waals surface area contributed by atoms with Gasteiger partial charge in [0.2, 0.25) is 5.78 Å². The van der Waals surface area contributed by atoms with Gasteiger partial charge in [0.15, 0.2) is 17.3 Å². The Kier molecular flexibility index (Phi) is 7.16. The SMILES string of the molecule is COc1ccc(C2C(C(=O)c3sc(-c4ccccc4)nc3C)=C(O)C(=O)N2c2cc(Cl)ccc2C)cc1OC. The van der Waals surface area contributed by atoms with Crippen LogP contribution in [0.15, 0.2) is 78.1 Å². The standard InChI is InChI=1S/C30H25ClN2O5S/c1-16-10-12-20(31)15-21(16)33-25(19-11-13-22(37-3)23(14-19)38-4)24(27(35)30(33)36)26(34)28-17(2)32-29(39-28)18-8-6-5-7-9-18/h5-15,25,35H,1-4H3. The monoisotopic (exact) mass is 560 g/mol. The number of aliphatic hydroxyl groups excluding tert-OH is 1. The number of ether oxygens (including phenoxy) is 2. The predicted molar refractivity (Wildman–Crippen MR) is 152 cm³/mol. The third kappa shape index (κ3) is 4.66. The van der Waals surface area contributed by atoms with Crippen LogP contribution in [0, 0.1) is 13.8 Å². The van der Waals surface area contributed by atoms with Crippen molar-refractivity contribution in [3.63, 3.8) is 0 Å². The summed E-state index contributed by atoms with van der Waals surface area (Å²) >= 11 is 7.54. The maximum Gasteiger partial charge on any atom is 0.294 e. The van der Waals surface area contributed by atoms with Gasteiger partial charge in [-0.05, 0) is 49.2 Å². The number of amides is 1. The highest BCUT2D eigenvalue weighted by atomic mass is 35.5. The molecule has 1 amide bonds. The van der Waals surface area contributed by atoms with Crippen molar-refractivity contribution in [3.05, 3.63) is 105 Å². The summed E-state index contributed by atoms with van der Waals surface area (Å²) in [4.78, 5) is 34.2. The summed E-state index contributed by atoms with van der Waals surface area (Å²) in [6.07, 6.45) is 0. The first-order chi connectivity index (χ1) is 18.7. The second-order valence-corrected chi connectivity index (χ2v) is 10.4. The molecule has 0 radical (unpaired) electrons. The zero-order chi connectivity index (χ0) is 27.8. The van der Waals surface area contributed by atoms with Crippen LogP contribution in [0.3, 0.4) is 0 Å². The van der Waals surface area contributed by atoms with Crippen LogP contribution in [-0.4, -0.2) is 36.0 Å². The minimum absolute atomic E-state index is 0.0436. The molecule has 2 heterocycles. The Hall–Kier alpha value is -4.14. The number of methoxy groups -OCH3 is 2. The molecule has 0 saturated heterocycles. The third-order valence-corrected chi connectivity index (χ3v) is 8.07. The Bertz CT molecular complexity index is 1630. The number of hydrogen-bond donors (Lipinski definition) is 1. The quantitative estimate of drug-likeness (QED) is 0.248. The summed E-state index contributed by atoms with van der Waals surface area (Å²) in [6.45, 7) is 3.58. The Morgan fingerprint density at radius 3 is 2.41 bits per heavy atom. The molecule has 3 aromatic carbocycles. The lowest BCUT2D eigenvalue weighted by Crippen LogP contribution is -2.31. The number of hydrogen-bond acceptors (Lipinski definition) is 7. The van der Waals surface area contributed by atoms with Crippen LogP contribution in [0.2, 0.25) is 5.02 Å². The normalized spacial score (nSPS) is 15.2. The first-order valence-electron chi connectivity index (χ1n) is 12.1. The minimum atomic E-state index is -0.955. The van der Waals surface area contributed by atoms with Crippen LogP contribution in [0.1, 0.15) is 32.5 Å². The van der Waals surface area contributed by atoms with E-state index in [0.29, 0.717) is 43.4 Å². The van der Waals surface area contributed by atoms with E-state index in [1.807, 2.05) is 37.3 Å². The molecule has 0 fully saturated rings. The first kappa shape index (κ1) is 26.5. The summed E-state index contributed by atoms with van der Waals surface area (Å²) in [5.41, 5.74) is 3.13. The summed E-state index contributed by atoms with van der Waals surface area (Å²) in [6, 6.07) is 18.9. The number of anilines is 1. The molecule has 0 saturated carbocycles. The molecule has 4 aromatic rings. The van der Waals surface area contributed by atoms with Gasteiger partial charge in [0.05, 0.1) is 36.4 Å². The molecule has 5 rings (SSSR count). The van der Waals surface area contributed by atoms with Gasteiger partial charge in [-0.3, -0.25) is 14.5 Å². The van der Waals surface area contributed by atoms with Crippen molar-refractivity contribution in [1.82, 2.24) is 4.98 Å². The molecule has 7 nitrogen and oxygen atoms in total. The van der Waals surface area contributed by atoms with Gasteiger partial charge in [-0.15, -0.1) is 11.3 Å². The van der Waals surface area contributed by atoms with Gasteiger partial charge < -0.3 is 14.6 Å². The van der Waals surface area contributed by atoms with Crippen LogP contribution in [0.4, 0.5) is 5.69 Å². The van der Waals surface area contributed by atoms with Gasteiger partial charge in [-0.2, -0.15) is 0 Å². The lowest BCUT2D eigenvalue weighted by atomic mass is 9.94. The Labute approximate surface area is 234 Å². The Morgan fingerprint density at radius 2 is 1.72 bits per heavy atom. The van der Waals surface area contributed by atoms with E-state index in [1.165, 1.54) is 30.5 Å². The highest BCUT2D eigenvalue weighted by Crippen LogP contribution is 2.46. The highest BCUT2D eigenvalue weighted by Gasteiger charge is 2.46. The second-order valence-electron chi connectivity index (χ2n) is 9.01. The number of nitrogens with zero attached hydrogens (tertiary/aromatic N) is 2.